The first kappa shape index (κ1) is 17.4. The van der Waals surface area contributed by atoms with Crippen LogP contribution in [-0.2, 0) is 19.4 Å². The maximum atomic E-state index is 12.4. The number of aromatic nitrogens is 4. The Labute approximate surface area is 156 Å². The van der Waals surface area contributed by atoms with Gasteiger partial charge in [0.25, 0.3) is 5.56 Å². The van der Waals surface area contributed by atoms with Crippen LogP contribution in [0.4, 0.5) is 5.95 Å². The molecular weight excluding hydrogens is 344 g/mol. The Morgan fingerprint density at radius 3 is 2.93 bits per heavy atom. The van der Waals surface area contributed by atoms with Crippen molar-refractivity contribution in [2.75, 3.05) is 32.1 Å². The average molecular weight is 366 g/mol. The Bertz CT molecular complexity index is 979. The molecule has 8 heteroatoms. The Hall–Kier alpha value is -3.00. The number of aromatic amines is 1. The predicted octanol–water partition coefficient (Wildman–Crippen LogP) is 1.49. The molecule has 0 atom stereocenters. The number of hydrogen-bond acceptors (Lipinski definition) is 7. The first-order valence-corrected chi connectivity index (χ1v) is 8.98. The third kappa shape index (κ3) is 3.75. The molecule has 1 aliphatic rings. The maximum absolute atomic E-state index is 12.4. The molecule has 0 unspecified atom stereocenters. The van der Waals surface area contributed by atoms with Gasteiger partial charge in [-0.25, -0.2) is 4.98 Å². The Balaban J connectivity index is 1.47. The molecule has 1 N–H and O–H groups in total. The molecule has 0 spiro atoms. The molecule has 0 saturated heterocycles. The minimum absolute atomic E-state index is 0.0379. The highest BCUT2D eigenvalue weighted by molar-refractivity contribution is 5.57. The van der Waals surface area contributed by atoms with Crippen molar-refractivity contribution in [2.45, 2.75) is 19.4 Å². The number of H-pyrrole nitrogens is 1. The Morgan fingerprint density at radius 2 is 2.15 bits per heavy atom. The van der Waals surface area contributed by atoms with E-state index >= 15 is 0 Å². The van der Waals surface area contributed by atoms with Crippen molar-refractivity contribution in [2.24, 2.45) is 0 Å². The standard InChI is InChI=1S/C19H22N6O2/c1-24(2)19-21-16-6-9-25(8-5-15(16)18(26)22-19)12-14-10-17(23-27-14)13-4-3-7-20-11-13/h3-4,7,10-11H,5-6,8-9,12H2,1-2H3,(H,21,22,26). The van der Waals surface area contributed by atoms with E-state index in [4.69, 9.17) is 4.52 Å². The highest BCUT2D eigenvalue weighted by atomic mass is 16.5. The van der Waals surface area contributed by atoms with Gasteiger partial charge in [-0.05, 0) is 18.6 Å². The largest absolute Gasteiger partial charge is 0.359 e. The normalized spacial score (nSPS) is 14.6. The molecule has 4 heterocycles. The zero-order valence-corrected chi connectivity index (χ0v) is 15.5. The lowest BCUT2D eigenvalue weighted by atomic mass is 10.1. The van der Waals surface area contributed by atoms with Gasteiger partial charge < -0.3 is 9.42 Å². The summed E-state index contributed by atoms with van der Waals surface area (Å²) in [7, 11) is 3.74. The van der Waals surface area contributed by atoms with Gasteiger partial charge in [0.05, 0.1) is 12.2 Å². The number of nitrogens with one attached hydrogen (secondary N) is 1. The smallest absolute Gasteiger partial charge is 0.255 e. The summed E-state index contributed by atoms with van der Waals surface area (Å²) >= 11 is 0. The summed E-state index contributed by atoms with van der Waals surface area (Å²) in [5, 5.41) is 4.15. The Morgan fingerprint density at radius 1 is 1.30 bits per heavy atom. The van der Waals surface area contributed by atoms with Crippen LogP contribution in [0.1, 0.15) is 17.0 Å². The number of hydrogen-bond donors (Lipinski definition) is 1. The molecule has 0 amide bonds. The van der Waals surface area contributed by atoms with Crippen LogP contribution < -0.4 is 10.5 Å². The van der Waals surface area contributed by atoms with E-state index in [0.717, 1.165) is 47.8 Å². The van der Waals surface area contributed by atoms with E-state index in [9.17, 15) is 4.79 Å². The predicted molar refractivity (Wildman–Crippen MR) is 102 cm³/mol. The summed E-state index contributed by atoms with van der Waals surface area (Å²) < 4.78 is 5.50. The van der Waals surface area contributed by atoms with Crippen LogP contribution in [0.3, 0.4) is 0 Å². The average Bonchev–Trinajstić information content (AvgIpc) is 3.03. The van der Waals surface area contributed by atoms with E-state index in [1.54, 1.807) is 12.4 Å². The van der Waals surface area contributed by atoms with Gasteiger partial charge in [0.15, 0.2) is 5.76 Å². The molecule has 0 aliphatic carbocycles. The van der Waals surface area contributed by atoms with Gasteiger partial charge in [-0.15, -0.1) is 0 Å². The first-order valence-electron chi connectivity index (χ1n) is 8.98. The number of rotatable bonds is 4. The Kier molecular flexibility index (Phi) is 4.72. The molecule has 27 heavy (non-hydrogen) atoms. The van der Waals surface area contributed by atoms with E-state index in [1.807, 2.05) is 37.2 Å². The number of nitrogens with zero attached hydrogens (tertiary/aromatic N) is 5. The fourth-order valence-electron chi connectivity index (χ4n) is 3.27. The van der Waals surface area contributed by atoms with Crippen molar-refractivity contribution >= 4 is 5.95 Å². The van der Waals surface area contributed by atoms with Crippen molar-refractivity contribution in [3.8, 4) is 11.3 Å². The monoisotopic (exact) mass is 366 g/mol. The van der Waals surface area contributed by atoms with Gasteiger partial charge in [-0.3, -0.25) is 19.7 Å². The second kappa shape index (κ2) is 7.32. The summed E-state index contributed by atoms with van der Waals surface area (Å²) in [6.07, 6.45) is 4.92. The van der Waals surface area contributed by atoms with Crippen LogP contribution in [0, 0.1) is 0 Å². The minimum atomic E-state index is -0.0379. The second-order valence-corrected chi connectivity index (χ2v) is 6.91. The summed E-state index contributed by atoms with van der Waals surface area (Å²) in [6.45, 7) is 2.25. The summed E-state index contributed by atoms with van der Waals surface area (Å²) in [5.41, 5.74) is 3.35. The van der Waals surface area contributed by atoms with Crippen molar-refractivity contribution in [3.05, 3.63) is 58.0 Å². The van der Waals surface area contributed by atoms with Crippen LogP contribution >= 0.6 is 0 Å². The molecule has 0 saturated carbocycles. The lowest BCUT2D eigenvalue weighted by Crippen LogP contribution is -2.26. The highest BCUT2D eigenvalue weighted by Gasteiger charge is 2.20. The van der Waals surface area contributed by atoms with Crippen LogP contribution in [0.5, 0.6) is 0 Å². The van der Waals surface area contributed by atoms with Crippen molar-refractivity contribution in [3.63, 3.8) is 0 Å². The first-order chi connectivity index (χ1) is 13.1. The van der Waals surface area contributed by atoms with Crippen LogP contribution in [0.2, 0.25) is 0 Å². The van der Waals surface area contributed by atoms with Crippen molar-refractivity contribution in [1.82, 2.24) is 25.0 Å². The van der Waals surface area contributed by atoms with Crippen molar-refractivity contribution < 1.29 is 4.52 Å². The molecule has 3 aromatic heterocycles. The molecule has 4 rings (SSSR count). The molecule has 140 valence electrons. The summed E-state index contributed by atoms with van der Waals surface area (Å²) in [4.78, 5) is 28.1. The van der Waals surface area contributed by atoms with Gasteiger partial charge in [0.2, 0.25) is 5.95 Å². The van der Waals surface area contributed by atoms with Crippen LogP contribution in [-0.4, -0.2) is 52.2 Å². The van der Waals surface area contributed by atoms with Gasteiger partial charge in [0.1, 0.15) is 5.69 Å². The molecule has 8 nitrogen and oxygen atoms in total. The summed E-state index contributed by atoms with van der Waals surface area (Å²) in [6, 6.07) is 5.78. The summed E-state index contributed by atoms with van der Waals surface area (Å²) in [5.74, 6) is 1.40. The topological polar surface area (TPSA) is 91.2 Å². The molecule has 1 aliphatic heterocycles. The highest BCUT2D eigenvalue weighted by Crippen LogP contribution is 2.20. The van der Waals surface area contributed by atoms with Gasteiger partial charge in [0, 0.05) is 63.2 Å². The van der Waals surface area contributed by atoms with E-state index in [1.165, 1.54) is 0 Å². The minimum Gasteiger partial charge on any atom is -0.359 e. The molecule has 0 fully saturated rings. The SMILES string of the molecule is CN(C)c1nc2c(c(=O)[nH]1)CCN(Cc1cc(-c3cccnc3)no1)CC2. The van der Waals surface area contributed by atoms with E-state index in [2.05, 4.69) is 25.0 Å². The lowest BCUT2D eigenvalue weighted by Gasteiger charge is -2.17. The molecule has 0 aromatic carbocycles. The maximum Gasteiger partial charge on any atom is 0.255 e. The molecule has 0 radical (unpaired) electrons. The zero-order valence-electron chi connectivity index (χ0n) is 15.5. The third-order valence-electron chi connectivity index (χ3n) is 4.75. The fraction of sp³-hybridized carbons (Fsp3) is 0.368. The molecule has 3 aromatic rings. The van der Waals surface area contributed by atoms with Gasteiger partial charge >= 0.3 is 0 Å². The van der Waals surface area contributed by atoms with Gasteiger partial charge in [-0.1, -0.05) is 5.16 Å². The second-order valence-electron chi connectivity index (χ2n) is 6.91. The fourth-order valence-corrected chi connectivity index (χ4v) is 3.27. The zero-order chi connectivity index (χ0) is 18.8. The number of fused-ring (bicyclic) bond motifs is 1. The molecular formula is C19H22N6O2. The van der Waals surface area contributed by atoms with Gasteiger partial charge in [-0.2, -0.15) is 0 Å². The van der Waals surface area contributed by atoms with Crippen molar-refractivity contribution in [1.29, 1.82) is 0 Å². The number of anilines is 1. The number of pyridine rings is 1. The third-order valence-corrected chi connectivity index (χ3v) is 4.75. The van der Waals surface area contributed by atoms with E-state index in [0.29, 0.717) is 18.9 Å². The lowest BCUT2D eigenvalue weighted by molar-refractivity contribution is 0.240. The molecule has 0 bridgehead atoms. The van der Waals surface area contributed by atoms with E-state index < -0.39 is 0 Å². The van der Waals surface area contributed by atoms with Crippen LogP contribution in [0.25, 0.3) is 11.3 Å². The quantitative estimate of drug-likeness (QED) is 0.748. The van der Waals surface area contributed by atoms with Crippen LogP contribution in [0.15, 0.2) is 39.9 Å². The van der Waals surface area contributed by atoms with E-state index in [-0.39, 0.29) is 5.56 Å².